The monoisotopic (exact) mass is 423 g/mol. The van der Waals surface area contributed by atoms with Gasteiger partial charge in [-0.15, -0.1) is 0 Å². The number of allylic oxidation sites excluding steroid dienone is 4. The first-order valence-electron chi connectivity index (χ1n) is 11.1. The maximum Gasteiger partial charge on any atom is 0.278 e. The molecule has 2 aliphatic heterocycles. The fraction of sp³-hybridized carbons (Fsp3) is 0.214. The standard InChI is InChI=1S/C28H29N3O/c1-4-20(2)15-16-21(3)17-25-28(32)31-19-26(23-13-9-6-10-14-23)29-24(27(31)30-25)18-22-11-7-5-8-12-22/h5-16,19,29H,4,17-18H2,1-3H3/b20-15+,21-16+. The minimum Gasteiger partial charge on any atom is -0.354 e. The van der Waals surface area contributed by atoms with E-state index in [9.17, 15) is 4.79 Å². The second-order valence-electron chi connectivity index (χ2n) is 8.29. The third kappa shape index (κ3) is 4.80. The van der Waals surface area contributed by atoms with Crippen molar-refractivity contribution in [2.24, 2.45) is 0 Å². The van der Waals surface area contributed by atoms with E-state index >= 15 is 0 Å². The number of H-pyrrole nitrogens is 1. The van der Waals surface area contributed by atoms with E-state index in [0.717, 1.165) is 28.9 Å². The Labute approximate surface area is 189 Å². The summed E-state index contributed by atoms with van der Waals surface area (Å²) in [6.45, 7) is 6.31. The quantitative estimate of drug-likeness (QED) is 0.365. The number of hydrogen-bond donors (Lipinski definition) is 1. The van der Waals surface area contributed by atoms with Crippen LogP contribution in [0.25, 0.3) is 17.1 Å². The van der Waals surface area contributed by atoms with Gasteiger partial charge in [0.15, 0.2) is 5.82 Å². The molecule has 0 fully saturated rings. The van der Waals surface area contributed by atoms with Crippen molar-refractivity contribution in [1.29, 1.82) is 0 Å². The normalized spacial score (nSPS) is 12.5. The Bertz CT molecular complexity index is 1280. The van der Waals surface area contributed by atoms with Crippen molar-refractivity contribution >= 4 is 0 Å². The van der Waals surface area contributed by atoms with Crippen LogP contribution in [0.3, 0.4) is 0 Å². The highest BCUT2D eigenvalue weighted by atomic mass is 16.1. The second-order valence-corrected chi connectivity index (χ2v) is 8.29. The highest BCUT2D eigenvalue weighted by molar-refractivity contribution is 5.60. The topological polar surface area (TPSA) is 50.7 Å². The lowest BCUT2D eigenvalue weighted by molar-refractivity contribution is 0.914. The lowest BCUT2D eigenvalue weighted by Gasteiger charge is -2.13. The molecule has 2 heterocycles. The molecule has 0 amide bonds. The first-order chi connectivity index (χ1) is 15.5. The molecule has 0 spiro atoms. The zero-order chi connectivity index (χ0) is 22.5. The van der Waals surface area contributed by atoms with Gasteiger partial charge in [0.25, 0.3) is 5.56 Å². The van der Waals surface area contributed by atoms with E-state index < -0.39 is 0 Å². The number of fused-ring (bicyclic) bond motifs is 1. The van der Waals surface area contributed by atoms with Crippen molar-refractivity contribution in [3.8, 4) is 17.1 Å². The molecule has 162 valence electrons. The third-order valence-electron chi connectivity index (χ3n) is 5.71. The summed E-state index contributed by atoms with van der Waals surface area (Å²) in [6.07, 6.45) is 8.32. The summed E-state index contributed by atoms with van der Waals surface area (Å²) in [5.41, 5.74) is 7.00. The number of rotatable bonds is 7. The fourth-order valence-corrected chi connectivity index (χ4v) is 3.71. The van der Waals surface area contributed by atoms with Gasteiger partial charge in [-0.3, -0.25) is 9.36 Å². The van der Waals surface area contributed by atoms with Gasteiger partial charge < -0.3 is 4.98 Å². The minimum absolute atomic E-state index is 0.0514. The van der Waals surface area contributed by atoms with Crippen molar-refractivity contribution in [2.45, 2.75) is 40.0 Å². The molecule has 0 radical (unpaired) electrons. The van der Waals surface area contributed by atoms with Gasteiger partial charge in [-0.1, -0.05) is 90.9 Å². The number of hydrogen-bond acceptors (Lipinski definition) is 2. The van der Waals surface area contributed by atoms with Crippen LogP contribution in [0.5, 0.6) is 0 Å². The summed E-state index contributed by atoms with van der Waals surface area (Å²) in [6, 6.07) is 20.3. The minimum atomic E-state index is -0.0514. The molecule has 0 aromatic heterocycles. The van der Waals surface area contributed by atoms with Crippen molar-refractivity contribution < 1.29 is 0 Å². The molecule has 0 unspecified atom stereocenters. The summed E-state index contributed by atoms with van der Waals surface area (Å²) < 4.78 is 1.70. The third-order valence-corrected chi connectivity index (χ3v) is 5.71. The molecular formula is C28H29N3O. The van der Waals surface area contributed by atoms with E-state index in [-0.39, 0.29) is 5.56 Å². The van der Waals surface area contributed by atoms with Gasteiger partial charge in [0.2, 0.25) is 0 Å². The maximum atomic E-state index is 13.3. The van der Waals surface area contributed by atoms with E-state index in [1.54, 1.807) is 4.57 Å². The van der Waals surface area contributed by atoms with E-state index in [4.69, 9.17) is 4.98 Å². The summed E-state index contributed by atoms with van der Waals surface area (Å²) in [5, 5.41) is 0. The van der Waals surface area contributed by atoms with Gasteiger partial charge in [-0.25, -0.2) is 4.98 Å². The summed E-state index contributed by atoms with van der Waals surface area (Å²) in [7, 11) is 0. The molecule has 0 saturated heterocycles. The fourth-order valence-electron chi connectivity index (χ4n) is 3.71. The Hall–Kier alpha value is -3.66. The molecule has 1 N–H and O–H groups in total. The van der Waals surface area contributed by atoms with Gasteiger partial charge >= 0.3 is 0 Å². The zero-order valence-corrected chi connectivity index (χ0v) is 18.9. The molecule has 4 nitrogen and oxygen atoms in total. The van der Waals surface area contributed by atoms with E-state index in [0.29, 0.717) is 24.4 Å². The van der Waals surface area contributed by atoms with Gasteiger partial charge in [0, 0.05) is 19.0 Å². The first-order valence-corrected chi connectivity index (χ1v) is 11.1. The lowest BCUT2D eigenvalue weighted by atomic mass is 10.1. The number of nitrogens with one attached hydrogen (secondary N) is 1. The van der Waals surface area contributed by atoms with Crippen LogP contribution >= 0.6 is 0 Å². The number of benzene rings is 2. The SMILES string of the molecule is CC/C(C)=C/C=C(\C)Cc1nc2c(Cc3ccccc3)[nH]c(-c3ccccc3)cn-2c1=O. The highest BCUT2D eigenvalue weighted by Gasteiger charge is 2.20. The first kappa shape index (κ1) is 21.6. The van der Waals surface area contributed by atoms with Crippen molar-refractivity contribution in [1.82, 2.24) is 14.5 Å². The van der Waals surface area contributed by atoms with Crippen LogP contribution in [0.15, 0.2) is 95.0 Å². The van der Waals surface area contributed by atoms with E-state index in [2.05, 4.69) is 50.0 Å². The average molecular weight is 424 g/mol. The van der Waals surface area contributed by atoms with E-state index in [1.807, 2.05) is 54.7 Å². The van der Waals surface area contributed by atoms with Crippen molar-refractivity contribution in [3.05, 3.63) is 117 Å². The molecule has 0 atom stereocenters. The molecule has 0 aliphatic carbocycles. The molecule has 2 aromatic carbocycles. The number of aromatic amines is 1. The summed E-state index contributed by atoms with van der Waals surface area (Å²) in [4.78, 5) is 21.6. The van der Waals surface area contributed by atoms with Crippen LogP contribution < -0.4 is 5.56 Å². The van der Waals surface area contributed by atoms with Gasteiger partial charge in [-0.05, 0) is 31.4 Å². The predicted octanol–water partition coefficient (Wildman–Crippen LogP) is 6.10. The second kappa shape index (κ2) is 9.65. The summed E-state index contributed by atoms with van der Waals surface area (Å²) >= 11 is 0. The average Bonchev–Trinajstić information content (AvgIpc) is 3.14. The smallest absolute Gasteiger partial charge is 0.278 e. The molecule has 32 heavy (non-hydrogen) atoms. The number of imidazole rings is 1. The Kier molecular flexibility index (Phi) is 6.50. The molecule has 4 heteroatoms. The Morgan fingerprint density at radius 3 is 2.31 bits per heavy atom. The Morgan fingerprint density at radius 2 is 1.62 bits per heavy atom. The van der Waals surface area contributed by atoms with E-state index in [1.165, 1.54) is 11.1 Å². The van der Waals surface area contributed by atoms with Crippen LogP contribution in [-0.4, -0.2) is 14.5 Å². The van der Waals surface area contributed by atoms with Gasteiger partial charge in [0.05, 0.1) is 11.4 Å². The lowest BCUT2D eigenvalue weighted by Crippen LogP contribution is -2.17. The maximum absolute atomic E-state index is 13.3. The van der Waals surface area contributed by atoms with Crippen molar-refractivity contribution in [3.63, 3.8) is 0 Å². The molecule has 4 rings (SSSR count). The van der Waals surface area contributed by atoms with Crippen LogP contribution in [0.2, 0.25) is 0 Å². The molecule has 2 aromatic rings. The largest absolute Gasteiger partial charge is 0.354 e. The molecule has 0 bridgehead atoms. The van der Waals surface area contributed by atoms with Crippen LogP contribution in [0.4, 0.5) is 0 Å². The van der Waals surface area contributed by atoms with Crippen LogP contribution in [0.1, 0.15) is 44.1 Å². The Morgan fingerprint density at radius 1 is 0.969 bits per heavy atom. The van der Waals surface area contributed by atoms with Crippen molar-refractivity contribution in [2.75, 3.05) is 0 Å². The molecular weight excluding hydrogens is 394 g/mol. The zero-order valence-electron chi connectivity index (χ0n) is 18.9. The van der Waals surface area contributed by atoms with Gasteiger partial charge in [-0.2, -0.15) is 0 Å². The van der Waals surface area contributed by atoms with Crippen LogP contribution in [0, 0.1) is 0 Å². The van der Waals surface area contributed by atoms with Crippen LogP contribution in [-0.2, 0) is 12.8 Å². The summed E-state index contributed by atoms with van der Waals surface area (Å²) in [5.74, 6) is 0.696. The molecule has 2 aliphatic rings. The highest BCUT2D eigenvalue weighted by Crippen LogP contribution is 2.23. The van der Waals surface area contributed by atoms with Gasteiger partial charge in [0.1, 0.15) is 5.69 Å². The number of aromatic nitrogens is 3. The molecule has 0 saturated carbocycles. The predicted molar refractivity (Wildman–Crippen MR) is 132 cm³/mol. The number of nitrogens with zero attached hydrogens (tertiary/aromatic N) is 2. The Balaban J connectivity index is 1.80.